The lowest BCUT2D eigenvalue weighted by Gasteiger charge is -2.15. The average molecular weight is 588 g/mol. The molecule has 9 aromatic rings. The number of rotatable bonds is 4. The third-order valence-corrected chi connectivity index (χ3v) is 8.90. The summed E-state index contributed by atoms with van der Waals surface area (Å²) in [6.07, 6.45) is 0. The average Bonchev–Trinajstić information content (AvgIpc) is 3.69. The van der Waals surface area contributed by atoms with Crippen molar-refractivity contribution >= 4 is 43.9 Å². The topological polar surface area (TPSA) is 50.1 Å². The molecular weight excluding hydrogens is 562 g/mol. The van der Waals surface area contributed by atoms with Gasteiger partial charge in [-0.15, -0.1) is 0 Å². The lowest BCUT2D eigenvalue weighted by Crippen LogP contribution is -1.90. The van der Waals surface area contributed by atoms with Crippen molar-refractivity contribution in [2.45, 2.75) is 0 Å². The fraction of sp³-hybridized carbons (Fsp3) is 0. The molecule has 46 heavy (non-hydrogen) atoms. The quantitative estimate of drug-likeness (QED) is 0.206. The molecule has 7 aromatic carbocycles. The molecule has 0 N–H and O–H groups in total. The molecule has 0 spiro atoms. The van der Waals surface area contributed by atoms with Crippen LogP contribution in [0.4, 0.5) is 0 Å². The van der Waals surface area contributed by atoms with Gasteiger partial charge in [0.1, 0.15) is 22.3 Å². The largest absolute Gasteiger partial charge is 0.456 e. The van der Waals surface area contributed by atoms with E-state index in [0.29, 0.717) is 5.56 Å². The van der Waals surface area contributed by atoms with Gasteiger partial charge in [-0.05, 0) is 105 Å². The van der Waals surface area contributed by atoms with Crippen LogP contribution < -0.4 is 0 Å². The number of benzene rings is 7. The van der Waals surface area contributed by atoms with Crippen LogP contribution in [0.3, 0.4) is 0 Å². The Morgan fingerprint density at radius 2 is 0.957 bits per heavy atom. The number of nitriles is 1. The Kier molecular flexibility index (Phi) is 5.88. The van der Waals surface area contributed by atoms with Crippen molar-refractivity contribution in [1.29, 1.82) is 5.26 Å². The molecule has 0 aliphatic heterocycles. The fourth-order valence-corrected chi connectivity index (χ4v) is 6.66. The van der Waals surface area contributed by atoms with E-state index in [0.717, 1.165) is 88.4 Å². The van der Waals surface area contributed by atoms with Gasteiger partial charge in [-0.25, -0.2) is 0 Å². The Bertz CT molecular complexity index is 2650. The highest BCUT2D eigenvalue weighted by Gasteiger charge is 2.16. The first-order chi connectivity index (χ1) is 22.7. The van der Waals surface area contributed by atoms with Crippen molar-refractivity contribution in [1.82, 2.24) is 0 Å². The molecule has 0 saturated heterocycles. The summed E-state index contributed by atoms with van der Waals surface area (Å²) in [4.78, 5) is 0. The molecule has 0 aliphatic carbocycles. The molecule has 3 heteroatoms. The first-order valence-electron chi connectivity index (χ1n) is 15.3. The molecule has 0 atom stereocenters. The number of furan rings is 2. The van der Waals surface area contributed by atoms with Crippen molar-refractivity contribution in [3.63, 3.8) is 0 Å². The predicted molar refractivity (Wildman–Crippen MR) is 187 cm³/mol. The molecule has 3 nitrogen and oxygen atoms in total. The zero-order valence-corrected chi connectivity index (χ0v) is 24.7. The van der Waals surface area contributed by atoms with Crippen molar-refractivity contribution in [3.8, 4) is 50.6 Å². The van der Waals surface area contributed by atoms with Crippen LogP contribution in [0.5, 0.6) is 0 Å². The summed E-state index contributed by atoms with van der Waals surface area (Å²) >= 11 is 0. The summed E-state index contributed by atoms with van der Waals surface area (Å²) in [7, 11) is 0. The van der Waals surface area contributed by atoms with Crippen LogP contribution in [0.25, 0.3) is 88.4 Å². The van der Waals surface area contributed by atoms with Gasteiger partial charge < -0.3 is 8.83 Å². The van der Waals surface area contributed by atoms with Crippen LogP contribution in [0.1, 0.15) is 5.56 Å². The van der Waals surface area contributed by atoms with E-state index < -0.39 is 0 Å². The summed E-state index contributed by atoms with van der Waals surface area (Å²) in [6, 6.07) is 54.5. The summed E-state index contributed by atoms with van der Waals surface area (Å²) < 4.78 is 12.4. The maximum Gasteiger partial charge on any atom is 0.136 e. The second-order valence-electron chi connectivity index (χ2n) is 11.7. The van der Waals surface area contributed by atoms with Gasteiger partial charge >= 0.3 is 0 Å². The van der Waals surface area contributed by atoms with Crippen LogP contribution in [-0.4, -0.2) is 0 Å². The van der Waals surface area contributed by atoms with E-state index in [1.807, 2.05) is 66.7 Å². The van der Waals surface area contributed by atoms with Crippen LogP contribution in [-0.2, 0) is 0 Å². The minimum absolute atomic E-state index is 0.617. The molecule has 0 amide bonds. The monoisotopic (exact) mass is 587 g/mol. The normalized spacial score (nSPS) is 11.5. The number of hydrogen-bond donors (Lipinski definition) is 0. The van der Waals surface area contributed by atoms with Gasteiger partial charge in [-0.3, -0.25) is 0 Å². The summed E-state index contributed by atoms with van der Waals surface area (Å²) in [5.74, 6) is 0. The lowest BCUT2D eigenvalue weighted by molar-refractivity contribution is 0.668. The molecule has 9 rings (SSSR count). The highest BCUT2D eigenvalue weighted by atomic mass is 16.3. The smallest absolute Gasteiger partial charge is 0.136 e. The van der Waals surface area contributed by atoms with Crippen LogP contribution in [0, 0.1) is 11.3 Å². The molecule has 214 valence electrons. The minimum atomic E-state index is 0.617. The van der Waals surface area contributed by atoms with E-state index in [1.165, 1.54) is 0 Å². The van der Waals surface area contributed by atoms with E-state index >= 15 is 0 Å². The SMILES string of the molecule is N#Cc1cc(-c2ccccc2)cc(-c2cc(-c3ccc4oc5ccccc5c4c3)ccc2-c2ccc3c(c2)oc2ccccc23)c1. The molecule has 0 radical (unpaired) electrons. The Morgan fingerprint density at radius 3 is 1.76 bits per heavy atom. The highest BCUT2D eigenvalue weighted by molar-refractivity contribution is 6.07. The zero-order valence-electron chi connectivity index (χ0n) is 24.7. The molecule has 2 heterocycles. The third-order valence-electron chi connectivity index (χ3n) is 8.90. The molecular formula is C43H25NO2. The number of fused-ring (bicyclic) bond motifs is 6. The second-order valence-corrected chi connectivity index (χ2v) is 11.7. The van der Waals surface area contributed by atoms with Crippen LogP contribution in [0.2, 0.25) is 0 Å². The van der Waals surface area contributed by atoms with Gasteiger partial charge in [-0.1, -0.05) is 91.0 Å². The second kappa shape index (κ2) is 10.4. The predicted octanol–water partition coefficient (Wildman–Crippen LogP) is 12.0. The van der Waals surface area contributed by atoms with Gasteiger partial charge in [-0.2, -0.15) is 5.26 Å². The van der Waals surface area contributed by atoms with Gasteiger partial charge in [0.2, 0.25) is 0 Å². The number of para-hydroxylation sites is 2. The van der Waals surface area contributed by atoms with Gasteiger partial charge in [0.25, 0.3) is 0 Å². The third kappa shape index (κ3) is 4.28. The number of hydrogen-bond acceptors (Lipinski definition) is 3. The van der Waals surface area contributed by atoms with Crippen molar-refractivity contribution in [2.75, 3.05) is 0 Å². The van der Waals surface area contributed by atoms with Crippen molar-refractivity contribution < 1.29 is 8.83 Å². The highest BCUT2D eigenvalue weighted by Crippen LogP contribution is 2.41. The van der Waals surface area contributed by atoms with Gasteiger partial charge in [0.05, 0.1) is 11.6 Å². The van der Waals surface area contributed by atoms with E-state index in [1.54, 1.807) is 0 Å². The Hall–Kier alpha value is -6.37. The minimum Gasteiger partial charge on any atom is -0.456 e. The lowest BCUT2D eigenvalue weighted by atomic mass is 9.88. The van der Waals surface area contributed by atoms with E-state index in [4.69, 9.17) is 8.83 Å². The van der Waals surface area contributed by atoms with E-state index in [2.05, 4.69) is 91.0 Å². The zero-order chi connectivity index (χ0) is 30.6. The van der Waals surface area contributed by atoms with Crippen LogP contribution in [0.15, 0.2) is 160 Å². The molecule has 2 aromatic heterocycles. The molecule has 0 bridgehead atoms. The van der Waals surface area contributed by atoms with E-state index in [-0.39, 0.29) is 0 Å². The molecule has 0 saturated carbocycles. The van der Waals surface area contributed by atoms with Gasteiger partial charge in [0, 0.05) is 21.5 Å². The van der Waals surface area contributed by atoms with Crippen molar-refractivity contribution in [3.05, 3.63) is 157 Å². The van der Waals surface area contributed by atoms with E-state index in [9.17, 15) is 5.26 Å². The van der Waals surface area contributed by atoms with Crippen LogP contribution >= 0.6 is 0 Å². The first kappa shape index (κ1) is 26.1. The maximum atomic E-state index is 10.1. The molecule has 0 aliphatic rings. The molecule has 0 fully saturated rings. The summed E-state index contributed by atoms with van der Waals surface area (Å²) in [5.41, 5.74) is 12.5. The summed E-state index contributed by atoms with van der Waals surface area (Å²) in [6.45, 7) is 0. The Labute approximate surface area is 265 Å². The molecule has 0 unspecified atom stereocenters. The maximum absolute atomic E-state index is 10.1. The standard InChI is InChI=1S/C43H25NO2/c44-26-27-20-32(28-8-2-1-3-9-28)22-33(21-27)38-23-29(30-16-19-42-39(24-30)36-11-5-7-13-41(36)45-42)14-17-34(38)31-15-18-37-35-10-4-6-12-40(35)46-43(37)25-31/h1-25H. The Morgan fingerprint density at radius 1 is 0.348 bits per heavy atom. The summed E-state index contributed by atoms with van der Waals surface area (Å²) in [5, 5.41) is 14.5. The Balaban J connectivity index is 1.27. The fourth-order valence-electron chi connectivity index (χ4n) is 6.66. The number of nitrogens with zero attached hydrogens (tertiary/aromatic N) is 1. The van der Waals surface area contributed by atoms with Crippen molar-refractivity contribution in [2.24, 2.45) is 0 Å². The first-order valence-corrected chi connectivity index (χ1v) is 15.3. The van der Waals surface area contributed by atoms with Gasteiger partial charge in [0.15, 0.2) is 0 Å².